The van der Waals surface area contributed by atoms with Crippen LogP contribution in [0.25, 0.3) is 0 Å². The molecule has 2 rings (SSSR count). The Morgan fingerprint density at radius 1 is 1.10 bits per heavy atom. The summed E-state index contributed by atoms with van der Waals surface area (Å²) < 4.78 is 14.0. The molecule has 0 radical (unpaired) electrons. The summed E-state index contributed by atoms with van der Waals surface area (Å²) in [6.07, 6.45) is -1.07. The van der Waals surface area contributed by atoms with Gasteiger partial charge >= 0.3 is 0 Å². The van der Waals surface area contributed by atoms with Crippen molar-refractivity contribution in [2.45, 2.75) is 12.0 Å². The Morgan fingerprint density at radius 2 is 1.71 bits per heavy atom. The number of aliphatic hydroxyl groups is 1. The molecule has 0 heterocycles. The van der Waals surface area contributed by atoms with Crippen LogP contribution < -0.4 is 5.73 Å². The smallest absolute Gasteiger partial charge is 0.128 e. The molecule has 0 saturated carbocycles. The zero-order valence-electron chi connectivity index (χ0n) is 10.9. The Kier molecular flexibility index (Phi) is 5.47. The van der Waals surface area contributed by atoms with Crippen LogP contribution in [0.5, 0.6) is 0 Å². The van der Waals surface area contributed by atoms with Gasteiger partial charge in [-0.2, -0.15) is 0 Å². The Balaban J connectivity index is 2.45. The van der Waals surface area contributed by atoms with Gasteiger partial charge in [0.25, 0.3) is 0 Å². The fourth-order valence-electron chi connectivity index (χ4n) is 2.25. The molecule has 6 heteroatoms. The van der Waals surface area contributed by atoms with Gasteiger partial charge in [0.1, 0.15) is 5.82 Å². The molecule has 2 nitrogen and oxygen atoms in total. The maximum Gasteiger partial charge on any atom is 0.128 e. The molecule has 0 bridgehead atoms. The second-order valence-corrected chi connectivity index (χ2v) is 5.91. The largest absolute Gasteiger partial charge is 0.388 e. The highest BCUT2D eigenvalue weighted by Crippen LogP contribution is 2.37. The maximum atomic E-state index is 14.0. The quantitative estimate of drug-likeness (QED) is 0.850. The van der Waals surface area contributed by atoms with E-state index < -0.39 is 17.8 Å². The molecular weight excluding hydrogens is 336 g/mol. The summed E-state index contributed by atoms with van der Waals surface area (Å²) in [4.78, 5) is 0. The van der Waals surface area contributed by atoms with Gasteiger partial charge in [-0.3, -0.25) is 0 Å². The third-order valence-electron chi connectivity index (χ3n) is 3.23. The van der Waals surface area contributed by atoms with Crippen molar-refractivity contribution in [1.82, 2.24) is 0 Å². The Bertz CT molecular complexity index is 610. The highest BCUT2D eigenvalue weighted by atomic mass is 35.5. The molecule has 0 saturated heterocycles. The zero-order chi connectivity index (χ0) is 15.6. The van der Waals surface area contributed by atoms with Crippen LogP contribution in [-0.4, -0.2) is 11.7 Å². The van der Waals surface area contributed by atoms with Crippen molar-refractivity contribution in [3.8, 4) is 0 Å². The molecule has 0 aliphatic rings. The van der Waals surface area contributed by atoms with E-state index in [9.17, 15) is 9.50 Å². The number of rotatable bonds is 4. The third kappa shape index (κ3) is 3.68. The molecule has 21 heavy (non-hydrogen) atoms. The molecule has 2 atom stereocenters. The number of aliphatic hydroxyl groups excluding tert-OH is 1. The minimum Gasteiger partial charge on any atom is -0.388 e. The van der Waals surface area contributed by atoms with E-state index in [1.165, 1.54) is 12.1 Å². The average Bonchev–Trinajstić information content (AvgIpc) is 2.41. The van der Waals surface area contributed by atoms with Gasteiger partial charge in [0.05, 0.1) is 6.10 Å². The van der Waals surface area contributed by atoms with Gasteiger partial charge in [-0.15, -0.1) is 0 Å². The predicted molar refractivity (Wildman–Crippen MR) is 84.6 cm³/mol. The zero-order valence-corrected chi connectivity index (χ0v) is 13.1. The van der Waals surface area contributed by atoms with Gasteiger partial charge in [-0.05, 0) is 35.9 Å². The Labute approximate surface area is 137 Å². The van der Waals surface area contributed by atoms with Gasteiger partial charge in [0.15, 0.2) is 0 Å². The minimum atomic E-state index is -1.07. The molecule has 112 valence electrons. The molecule has 2 unspecified atom stereocenters. The minimum absolute atomic E-state index is 0.0198. The number of hydrogen-bond donors (Lipinski definition) is 2. The highest BCUT2D eigenvalue weighted by Gasteiger charge is 2.26. The number of halogens is 4. The number of benzene rings is 2. The van der Waals surface area contributed by atoms with E-state index in [0.29, 0.717) is 15.6 Å². The Hall–Kier alpha value is -0.840. The van der Waals surface area contributed by atoms with E-state index in [1.54, 1.807) is 24.3 Å². The molecule has 0 spiro atoms. The summed E-state index contributed by atoms with van der Waals surface area (Å²) >= 11 is 17.9. The first-order valence-electron chi connectivity index (χ1n) is 6.22. The van der Waals surface area contributed by atoms with Crippen LogP contribution >= 0.6 is 34.8 Å². The fraction of sp³-hybridized carbons (Fsp3) is 0.200. The molecule has 0 amide bonds. The van der Waals surface area contributed by atoms with Crippen molar-refractivity contribution < 1.29 is 9.50 Å². The maximum absolute atomic E-state index is 14.0. The first-order valence-corrected chi connectivity index (χ1v) is 7.35. The van der Waals surface area contributed by atoms with E-state index >= 15 is 0 Å². The van der Waals surface area contributed by atoms with E-state index in [4.69, 9.17) is 40.5 Å². The van der Waals surface area contributed by atoms with Crippen LogP contribution in [0.4, 0.5) is 4.39 Å². The van der Waals surface area contributed by atoms with E-state index in [1.807, 2.05) is 0 Å². The van der Waals surface area contributed by atoms with Crippen molar-refractivity contribution >= 4 is 34.8 Å². The van der Waals surface area contributed by atoms with Gasteiger partial charge in [-0.1, -0.05) is 40.9 Å². The SMILES string of the molecule is NCC(c1c(F)cccc1Cl)C(O)c1cc(Cl)cc(Cl)c1. The number of nitrogens with two attached hydrogens (primary N) is 1. The lowest BCUT2D eigenvalue weighted by Gasteiger charge is -2.24. The van der Waals surface area contributed by atoms with Crippen LogP contribution in [-0.2, 0) is 0 Å². The second-order valence-electron chi connectivity index (χ2n) is 4.63. The molecule has 0 aromatic heterocycles. The van der Waals surface area contributed by atoms with Crippen molar-refractivity contribution in [1.29, 1.82) is 0 Å². The van der Waals surface area contributed by atoms with Gasteiger partial charge in [0, 0.05) is 33.1 Å². The summed E-state index contributed by atoms with van der Waals surface area (Å²) in [6, 6.07) is 9.01. The lowest BCUT2D eigenvalue weighted by molar-refractivity contribution is 0.146. The second kappa shape index (κ2) is 6.95. The van der Waals surface area contributed by atoms with E-state index in [-0.39, 0.29) is 17.1 Å². The summed E-state index contributed by atoms with van der Waals surface area (Å²) in [5.41, 5.74) is 6.35. The molecule has 3 N–H and O–H groups in total. The van der Waals surface area contributed by atoms with E-state index in [0.717, 1.165) is 0 Å². The Morgan fingerprint density at radius 3 is 2.24 bits per heavy atom. The van der Waals surface area contributed by atoms with Crippen LogP contribution in [0.2, 0.25) is 15.1 Å². The molecule has 0 aliphatic carbocycles. The van der Waals surface area contributed by atoms with Gasteiger partial charge < -0.3 is 10.8 Å². The molecule has 2 aromatic rings. The summed E-state index contributed by atoms with van der Waals surface area (Å²) in [6.45, 7) is 0.0198. The van der Waals surface area contributed by atoms with Crippen molar-refractivity contribution in [2.75, 3.05) is 6.54 Å². The fourth-order valence-corrected chi connectivity index (χ4v) is 3.09. The number of hydrogen-bond acceptors (Lipinski definition) is 2. The predicted octanol–water partition coefficient (Wildman–Crippen LogP) is 4.56. The topological polar surface area (TPSA) is 46.2 Å². The molecular formula is C15H13Cl3FNO. The van der Waals surface area contributed by atoms with Gasteiger partial charge in [0.2, 0.25) is 0 Å². The van der Waals surface area contributed by atoms with Crippen molar-refractivity contribution in [3.63, 3.8) is 0 Å². The molecule has 2 aromatic carbocycles. The van der Waals surface area contributed by atoms with Crippen LogP contribution in [0.1, 0.15) is 23.1 Å². The monoisotopic (exact) mass is 347 g/mol. The highest BCUT2D eigenvalue weighted by molar-refractivity contribution is 6.34. The lowest BCUT2D eigenvalue weighted by Crippen LogP contribution is -2.21. The first kappa shape index (κ1) is 16.5. The van der Waals surface area contributed by atoms with Crippen molar-refractivity contribution in [3.05, 3.63) is 68.4 Å². The summed E-state index contributed by atoms with van der Waals surface area (Å²) in [5, 5.41) is 11.5. The lowest BCUT2D eigenvalue weighted by atomic mass is 9.89. The third-order valence-corrected chi connectivity index (χ3v) is 4.00. The molecule has 0 fully saturated rings. The summed E-state index contributed by atoms with van der Waals surface area (Å²) in [7, 11) is 0. The first-order chi connectivity index (χ1) is 9.93. The van der Waals surface area contributed by atoms with Gasteiger partial charge in [-0.25, -0.2) is 4.39 Å². The van der Waals surface area contributed by atoms with Crippen molar-refractivity contribution in [2.24, 2.45) is 5.73 Å². The summed E-state index contributed by atoms with van der Waals surface area (Å²) in [5.74, 6) is -1.21. The normalized spacial score (nSPS) is 14.0. The molecule has 0 aliphatic heterocycles. The van der Waals surface area contributed by atoms with Crippen LogP contribution in [0, 0.1) is 5.82 Å². The van der Waals surface area contributed by atoms with E-state index in [2.05, 4.69) is 0 Å². The standard InChI is InChI=1S/C15H13Cl3FNO/c16-9-4-8(5-10(17)6-9)15(21)11(7-20)14-12(18)2-1-3-13(14)19/h1-6,11,15,21H,7,20H2. The van der Waals surface area contributed by atoms with Crippen LogP contribution in [0.15, 0.2) is 36.4 Å². The van der Waals surface area contributed by atoms with Crippen LogP contribution in [0.3, 0.4) is 0 Å². The average molecular weight is 349 g/mol.